The van der Waals surface area contributed by atoms with E-state index in [4.69, 9.17) is 16.3 Å². The number of benzene rings is 2. The molecule has 0 aliphatic carbocycles. The maximum absolute atomic E-state index is 13.1. The first-order chi connectivity index (χ1) is 15.2. The monoisotopic (exact) mass is 455 g/mol. The second-order valence-corrected chi connectivity index (χ2v) is 8.25. The zero-order valence-corrected chi connectivity index (χ0v) is 18.8. The maximum Gasteiger partial charge on any atom is 0.263 e. The number of hydrogen-bond acceptors (Lipinski definition) is 7. The topological polar surface area (TPSA) is 104 Å². The number of carbonyl (C=O) groups is 3. The van der Waals surface area contributed by atoms with Gasteiger partial charge < -0.3 is 10.1 Å². The average Bonchev–Trinajstić information content (AvgIpc) is 3.24. The van der Waals surface area contributed by atoms with Gasteiger partial charge in [0.1, 0.15) is 12.3 Å². The van der Waals surface area contributed by atoms with E-state index >= 15 is 0 Å². The van der Waals surface area contributed by atoms with Gasteiger partial charge in [-0.3, -0.25) is 19.4 Å². The van der Waals surface area contributed by atoms with Crippen molar-refractivity contribution in [2.45, 2.75) is 32.9 Å². The summed E-state index contributed by atoms with van der Waals surface area (Å²) < 4.78 is 5.12. The second kappa shape index (κ2) is 8.23. The van der Waals surface area contributed by atoms with Crippen molar-refractivity contribution in [3.63, 3.8) is 0 Å². The van der Waals surface area contributed by atoms with Gasteiger partial charge in [0.2, 0.25) is 5.91 Å². The summed E-state index contributed by atoms with van der Waals surface area (Å²) >= 11 is 6.15. The van der Waals surface area contributed by atoms with Crippen LogP contribution in [-0.4, -0.2) is 48.5 Å². The summed E-state index contributed by atoms with van der Waals surface area (Å²) in [6.45, 7) is 5.60. The Morgan fingerprint density at radius 2 is 1.81 bits per heavy atom. The van der Waals surface area contributed by atoms with E-state index in [2.05, 4.69) is 15.7 Å². The van der Waals surface area contributed by atoms with Crippen LogP contribution in [0.4, 0.5) is 11.4 Å². The van der Waals surface area contributed by atoms with E-state index < -0.39 is 23.9 Å². The highest BCUT2D eigenvalue weighted by atomic mass is 35.5. The lowest BCUT2D eigenvalue weighted by Crippen LogP contribution is -2.43. The molecule has 10 heteroatoms. The molecule has 1 saturated heterocycles. The summed E-state index contributed by atoms with van der Waals surface area (Å²) in [5, 5.41) is 12.3. The molecule has 0 spiro atoms. The van der Waals surface area contributed by atoms with Crippen molar-refractivity contribution in [2.75, 3.05) is 23.9 Å². The van der Waals surface area contributed by atoms with Crippen LogP contribution in [0.3, 0.4) is 0 Å². The fraction of sp³-hybridized carbons (Fsp3) is 0.318. The highest BCUT2D eigenvalue weighted by Crippen LogP contribution is 2.35. The number of ether oxygens (including phenoxy) is 1. The zero-order chi connectivity index (χ0) is 23.2. The Labute approximate surface area is 190 Å². The molecule has 2 aromatic carbocycles. The van der Waals surface area contributed by atoms with Crippen LogP contribution in [0.2, 0.25) is 5.02 Å². The Bertz CT molecular complexity index is 1140. The number of anilines is 2. The van der Waals surface area contributed by atoms with E-state index in [-0.39, 0.29) is 17.5 Å². The molecular formula is C22H22ClN5O4. The van der Waals surface area contributed by atoms with E-state index in [1.165, 1.54) is 18.2 Å². The predicted octanol–water partition coefficient (Wildman–Crippen LogP) is 3.21. The Balaban J connectivity index is 1.51. The second-order valence-electron chi connectivity index (χ2n) is 7.84. The third kappa shape index (κ3) is 3.69. The first-order valence-electron chi connectivity index (χ1n) is 9.97. The number of halogens is 1. The Hall–Kier alpha value is -3.46. The van der Waals surface area contributed by atoms with Crippen molar-refractivity contribution < 1.29 is 19.1 Å². The molecule has 0 radical (unpaired) electrons. The van der Waals surface area contributed by atoms with E-state index in [9.17, 15) is 14.4 Å². The molecule has 0 bridgehead atoms. The summed E-state index contributed by atoms with van der Waals surface area (Å²) in [6, 6.07) is 6.60. The van der Waals surface area contributed by atoms with E-state index in [1.54, 1.807) is 12.1 Å². The van der Waals surface area contributed by atoms with Gasteiger partial charge in [0.25, 0.3) is 11.8 Å². The fourth-order valence-electron chi connectivity index (χ4n) is 4.11. The van der Waals surface area contributed by atoms with Crippen molar-refractivity contribution in [2.24, 2.45) is 10.3 Å². The van der Waals surface area contributed by atoms with Crippen LogP contribution in [0.1, 0.15) is 16.7 Å². The molecule has 2 aromatic rings. The van der Waals surface area contributed by atoms with Crippen molar-refractivity contribution in [3.8, 4) is 5.75 Å². The lowest BCUT2D eigenvalue weighted by Gasteiger charge is -2.21. The van der Waals surface area contributed by atoms with Gasteiger partial charge in [-0.1, -0.05) is 34.5 Å². The SMILES string of the molecule is COc1ccc(N2C(=O)[C@H]3N=NN(CC(=O)Nc4c(C)cc(C)cc4C)[C@H]3C2=O)cc1Cl. The van der Waals surface area contributed by atoms with E-state index in [0.717, 1.165) is 27.3 Å². The fourth-order valence-corrected chi connectivity index (χ4v) is 4.36. The van der Waals surface area contributed by atoms with E-state index in [1.807, 2.05) is 32.9 Å². The summed E-state index contributed by atoms with van der Waals surface area (Å²) in [5.74, 6) is -0.958. The molecule has 2 atom stereocenters. The molecular weight excluding hydrogens is 434 g/mol. The van der Waals surface area contributed by atoms with Crippen molar-refractivity contribution in [3.05, 3.63) is 52.0 Å². The molecule has 166 valence electrons. The molecule has 32 heavy (non-hydrogen) atoms. The summed E-state index contributed by atoms with van der Waals surface area (Å²) in [4.78, 5) is 39.7. The standard InChI is InChI=1S/C22H22ClN5O4/c1-11-7-12(2)18(13(3)8-11)24-17(29)10-27-20-19(25-26-27)21(30)28(22(20)31)14-5-6-16(32-4)15(23)9-14/h5-9,19-20H,10H2,1-4H3,(H,24,29)/t19-,20+/m0/s1. The molecule has 0 saturated carbocycles. The number of fused-ring (bicyclic) bond motifs is 1. The first-order valence-corrected chi connectivity index (χ1v) is 10.4. The molecule has 0 aromatic heterocycles. The van der Waals surface area contributed by atoms with Crippen LogP contribution in [0.5, 0.6) is 5.75 Å². The molecule has 0 unspecified atom stereocenters. The van der Waals surface area contributed by atoms with Crippen LogP contribution in [0.25, 0.3) is 0 Å². The lowest BCUT2D eigenvalue weighted by atomic mass is 10.1. The third-order valence-electron chi connectivity index (χ3n) is 5.50. The number of nitrogens with one attached hydrogen (secondary N) is 1. The summed E-state index contributed by atoms with van der Waals surface area (Å²) in [5.41, 5.74) is 4.00. The summed E-state index contributed by atoms with van der Waals surface area (Å²) in [7, 11) is 1.47. The van der Waals surface area contributed by atoms with Crippen molar-refractivity contribution in [1.82, 2.24) is 5.01 Å². The van der Waals surface area contributed by atoms with Crippen LogP contribution in [0.15, 0.2) is 40.7 Å². The van der Waals surface area contributed by atoms with Crippen molar-refractivity contribution in [1.29, 1.82) is 0 Å². The van der Waals surface area contributed by atoms with Gasteiger partial charge in [0, 0.05) is 5.69 Å². The van der Waals surface area contributed by atoms with Gasteiger partial charge in [-0.2, -0.15) is 5.11 Å². The van der Waals surface area contributed by atoms with Crippen molar-refractivity contribution >= 4 is 40.7 Å². The number of carbonyl (C=O) groups excluding carboxylic acids is 3. The van der Waals surface area contributed by atoms with Crippen LogP contribution < -0.4 is 15.0 Å². The van der Waals surface area contributed by atoms with Crippen LogP contribution >= 0.6 is 11.6 Å². The summed E-state index contributed by atoms with van der Waals surface area (Å²) in [6.07, 6.45) is 0. The van der Waals surface area contributed by atoms with Crippen LogP contribution in [0, 0.1) is 20.8 Å². The zero-order valence-electron chi connectivity index (χ0n) is 18.0. The van der Waals surface area contributed by atoms with Gasteiger partial charge in [-0.05, 0) is 50.1 Å². The predicted molar refractivity (Wildman–Crippen MR) is 119 cm³/mol. The number of nitrogens with zero attached hydrogens (tertiary/aromatic N) is 4. The first kappa shape index (κ1) is 21.8. The van der Waals surface area contributed by atoms with Gasteiger partial charge in [0.15, 0.2) is 12.1 Å². The number of methoxy groups -OCH3 is 1. The Kier molecular flexibility index (Phi) is 5.60. The quantitative estimate of drug-likeness (QED) is 0.697. The maximum atomic E-state index is 13.1. The molecule has 1 fully saturated rings. The third-order valence-corrected chi connectivity index (χ3v) is 5.79. The number of rotatable bonds is 5. The number of imide groups is 1. The molecule has 1 N–H and O–H groups in total. The van der Waals surface area contributed by atoms with E-state index in [0.29, 0.717) is 11.4 Å². The van der Waals surface area contributed by atoms with Gasteiger partial charge >= 0.3 is 0 Å². The molecule has 2 heterocycles. The highest BCUT2D eigenvalue weighted by molar-refractivity contribution is 6.33. The lowest BCUT2D eigenvalue weighted by molar-refractivity contribution is -0.123. The number of aryl methyl sites for hydroxylation is 3. The molecule has 2 aliphatic rings. The molecule has 3 amide bonds. The largest absolute Gasteiger partial charge is 0.495 e. The van der Waals surface area contributed by atoms with Gasteiger partial charge in [0.05, 0.1) is 17.8 Å². The Morgan fingerprint density at radius 1 is 1.12 bits per heavy atom. The van der Waals surface area contributed by atoms with Gasteiger partial charge in [-0.15, -0.1) is 0 Å². The number of hydrogen-bond donors (Lipinski definition) is 1. The molecule has 4 rings (SSSR count). The molecule has 9 nitrogen and oxygen atoms in total. The molecule has 2 aliphatic heterocycles. The minimum atomic E-state index is -1.00. The number of amides is 3. The Morgan fingerprint density at radius 3 is 2.44 bits per heavy atom. The minimum Gasteiger partial charge on any atom is -0.495 e. The van der Waals surface area contributed by atoms with Gasteiger partial charge in [-0.25, -0.2) is 4.90 Å². The van der Waals surface area contributed by atoms with Crippen LogP contribution in [-0.2, 0) is 14.4 Å². The normalized spacial score (nSPS) is 19.5. The average molecular weight is 456 g/mol. The smallest absolute Gasteiger partial charge is 0.263 e. The highest BCUT2D eigenvalue weighted by Gasteiger charge is 2.55. The minimum absolute atomic E-state index is 0.215.